The van der Waals surface area contributed by atoms with E-state index in [-0.39, 0.29) is 16.4 Å². The number of aromatic nitrogens is 2. The third kappa shape index (κ3) is 4.85. The Kier molecular flexibility index (Phi) is 5.92. The molecule has 2 rings (SSSR count). The first-order valence-electron chi connectivity index (χ1n) is 7.44. The molecular formula is C17H22N2O2S2. The Bertz CT molecular complexity index is 660. The van der Waals surface area contributed by atoms with Crippen molar-refractivity contribution in [2.24, 2.45) is 0 Å². The maximum atomic E-state index is 12.5. The highest BCUT2D eigenvalue weighted by atomic mass is 32.2. The van der Waals surface area contributed by atoms with Crippen LogP contribution in [0.15, 0.2) is 33.9 Å². The van der Waals surface area contributed by atoms with Gasteiger partial charge in [0.1, 0.15) is 0 Å². The van der Waals surface area contributed by atoms with Gasteiger partial charge in [0.2, 0.25) is 5.89 Å². The van der Waals surface area contributed by atoms with Gasteiger partial charge in [-0.25, -0.2) is 0 Å². The Hall–Kier alpha value is -1.27. The zero-order valence-corrected chi connectivity index (χ0v) is 15.8. The van der Waals surface area contributed by atoms with Crippen LogP contribution in [0.3, 0.4) is 0 Å². The summed E-state index contributed by atoms with van der Waals surface area (Å²) in [6.45, 7) is 8.33. The summed E-state index contributed by atoms with van der Waals surface area (Å²) in [5.41, 5.74) is 2.01. The molecule has 0 aliphatic heterocycles. The van der Waals surface area contributed by atoms with Gasteiger partial charge in [-0.15, -0.1) is 10.2 Å². The molecule has 0 radical (unpaired) electrons. The second kappa shape index (κ2) is 7.53. The molecular weight excluding hydrogens is 328 g/mol. The summed E-state index contributed by atoms with van der Waals surface area (Å²) in [5.74, 6) is 1.35. The summed E-state index contributed by atoms with van der Waals surface area (Å²) in [7, 11) is 0. The normalized spacial score (nSPS) is 13.1. The fourth-order valence-corrected chi connectivity index (χ4v) is 3.18. The lowest BCUT2D eigenvalue weighted by Gasteiger charge is -2.19. The van der Waals surface area contributed by atoms with Gasteiger partial charge in [0.15, 0.2) is 5.78 Å². The van der Waals surface area contributed by atoms with Crippen LogP contribution in [-0.4, -0.2) is 27.5 Å². The predicted octanol–water partition coefficient (Wildman–Crippen LogP) is 4.59. The van der Waals surface area contributed by atoms with Gasteiger partial charge in [-0.3, -0.25) is 4.79 Å². The van der Waals surface area contributed by atoms with Crippen LogP contribution < -0.4 is 0 Å². The Morgan fingerprint density at radius 3 is 2.43 bits per heavy atom. The first-order valence-corrected chi connectivity index (χ1v) is 9.71. The Morgan fingerprint density at radius 1 is 1.22 bits per heavy atom. The quantitative estimate of drug-likeness (QED) is 0.561. The number of nitrogens with zero attached hydrogens (tertiary/aromatic N) is 2. The second-order valence-electron chi connectivity index (χ2n) is 6.35. The monoisotopic (exact) mass is 350 g/mol. The molecule has 0 aliphatic rings. The van der Waals surface area contributed by atoms with Crippen molar-refractivity contribution in [3.8, 4) is 0 Å². The summed E-state index contributed by atoms with van der Waals surface area (Å²) >= 11 is 2.92. The molecule has 1 unspecified atom stereocenters. The number of carbonyl (C=O) groups is 1. The molecule has 1 aromatic carbocycles. The van der Waals surface area contributed by atoms with Crippen molar-refractivity contribution in [2.45, 2.75) is 49.3 Å². The van der Waals surface area contributed by atoms with E-state index >= 15 is 0 Å². The summed E-state index contributed by atoms with van der Waals surface area (Å²) in [6.07, 6.45) is 1.98. The number of hydrogen-bond donors (Lipinski definition) is 0. The van der Waals surface area contributed by atoms with Gasteiger partial charge < -0.3 is 4.42 Å². The second-order valence-corrected chi connectivity index (χ2v) is 8.50. The summed E-state index contributed by atoms with van der Waals surface area (Å²) in [6, 6.07) is 7.83. The van der Waals surface area contributed by atoms with Gasteiger partial charge in [0.05, 0.1) is 11.0 Å². The number of thioether (sulfide) groups is 2. The van der Waals surface area contributed by atoms with E-state index in [9.17, 15) is 4.79 Å². The van der Waals surface area contributed by atoms with Crippen molar-refractivity contribution in [3.05, 3.63) is 41.3 Å². The number of benzene rings is 1. The number of ketones is 1. The van der Waals surface area contributed by atoms with Crippen LogP contribution in [-0.2, 0) is 11.2 Å². The van der Waals surface area contributed by atoms with Crippen LogP contribution in [0, 0.1) is 0 Å². The fraction of sp³-hybridized carbons (Fsp3) is 0.471. The van der Waals surface area contributed by atoms with E-state index in [4.69, 9.17) is 4.42 Å². The first kappa shape index (κ1) is 18.1. The van der Waals surface area contributed by atoms with Crippen LogP contribution in [0.1, 0.15) is 49.5 Å². The topological polar surface area (TPSA) is 56.0 Å². The summed E-state index contributed by atoms with van der Waals surface area (Å²) in [5, 5.41) is 8.12. The Morgan fingerprint density at radius 2 is 1.87 bits per heavy atom. The van der Waals surface area contributed by atoms with Crippen LogP contribution in [0.25, 0.3) is 0 Å². The van der Waals surface area contributed by atoms with Crippen molar-refractivity contribution in [1.82, 2.24) is 10.2 Å². The van der Waals surface area contributed by atoms with E-state index < -0.39 is 0 Å². The molecule has 0 bridgehead atoms. The standard InChI is InChI=1S/C17H22N2O2S2/c1-11(23-16-19-18-14(21-16)10-22-5)15(20)12-6-8-13(9-7-12)17(2,3)4/h6-9,11H,10H2,1-5H3. The van der Waals surface area contributed by atoms with Gasteiger partial charge in [-0.2, -0.15) is 11.8 Å². The highest BCUT2D eigenvalue weighted by Crippen LogP contribution is 2.27. The highest BCUT2D eigenvalue weighted by molar-refractivity contribution is 8.00. The molecule has 0 fully saturated rings. The zero-order valence-electron chi connectivity index (χ0n) is 14.1. The van der Waals surface area contributed by atoms with E-state index in [2.05, 4.69) is 31.0 Å². The molecule has 0 N–H and O–H groups in total. The van der Waals surface area contributed by atoms with Crippen molar-refractivity contribution in [3.63, 3.8) is 0 Å². The molecule has 23 heavy (non-hydrogen) atoms. The summed E-state index contributed by atoms with van der Waals surface area (Å²) < 4.78 is 5.51. The average Bonchev–Trinajstić information content (AvgIpc) is 2.93. The van der Waals surface area contributed by atoms with Crippen LogP contribution >= 0.6 is 23.5 Å². The molecule has 0 spiro atoms. The maximum absolute atomic E-state index is 12.5. The van der Waals surface area contributed by atoms with Crippen molar-refractivity contribution >= 4 is 29.3 Å². The first-order chi connectivity index (χ1) is 10.8. The lowest BCUT2D eigenvalue weighted by atomic mass is 9.86. The lowest BCUT2D eigenvalue weighted by molar-refractivity contribution is 0.0993. The molecule has 1 atom stereocenters. The van der Waals surface area contributed by atoms with Crippen molar-refractivity contribution < 1.29 is 9.21 Å². The third-order valence-corrected chi connectivity index (χ3v) is 4.87. The van der Waals surface area contributed by atoms with Crippen LogP contribution in [0.5, 0.6) is 0 Å². The molecule has 2 aromatic rings. The molecule has 0 saturated carbocycles. The number of hydrogen-bond acceptors (Lipinski definition) is 6. The molecule has 1 heterocycles. The zero-order chi connectivity index (χ0) is 17.0. The van der Waals surface area contributed by atoms with Crippen LogP contribution in [0.2, 0.25) is 0 Å². The molecule has 6 heteroatoms. The van der Waals surface area contributed by atoms with Crippen LogP contribution in [0.4, 0.5) is 0 Å². The van der Waals surface area contributed by atoms with Gasteiger partial charge >= 0.3 is 0 Å². The maximum Gasteiger partial charge on any atom is 0.277 e. The Balaban J connectivity index is 2.03. The largest absolute Gasteiger partial charge is 0.415 e. The number of carbonyl (C=O) groups excluding carboxylic acids is 1. The van der Waals surface area contributed by atoms with Gasteiger partial charge in [-0.1, -0.05) is 56.8 Å². The van der Waals surface area contributed by atoms with Gasteiger partial charge in [0, 0.05) is 5.56 Å². The number of Topliss-reactive ketones (excluding diaryl/α,β-unsaturated/α-hetero) is 1. The van der Waals surface area contributed by atoms with Crippen molar-refractivity contribution in [1.29, 1.82) is 0 Å². The minimum Gasteiger partial charge on any atom is -0.415 e. The van der Waals surface area contributed by atoms with E-state index in [1.165, 1.54) is 17.3 Å². The van der Waals surface area contributed by atoms with E-state index in [0.29, 0.717) is 22.4 Å². The third-order valence-electron chi connectivity index (χ3n) is 3.40. The summed E-state index contributed by atoms with van der Waals surface area (Å²) in [4.78, 5) is 12.5. The fourth-order valence-electron chi connectivity index (χ4n) is 2.04. The molecule has 124 valence electrons. The smallest absolute Gasteiger partial charge is 0.277 e. The highest BCUT2D eigenvalue weighted by Gasteiger charge is 2.21. The molecule has 4 nitrogen and oxygen atoms in total. The van der Waals surface area contributed by atoms with Gasteiger partial charge in [0.25, 0.3) is 5.22 Å². The van der Waals surface area contributed by atoms with Gasteiger partial charge in [-0.05, 0) is 24.2 Å². The van der Waals surface area contributed by atoms with E-state index in [0.717, 1.165) is 0 Å². The minimum atomic E-state index is -0.266. The van der Waals surface area contributed by atoms with E-state index in [1.807, 2.05) is 37.4 Å². The Labute approximate surface area is 145 Å². The van der Waals surface area contributed by atoms with Crippen molar-refractivity contribution in [2.75, 3.05) is 6.26 Å². The van der Waals surface area contributed by atoms with E-state index in [1.54, 1.807) is 11.8 Å². The molecule has 1 aromatic heterocycles. The minimum absolute atomic E-state index is 0.0695. The predicted molar refractivity (Wildman–Crippen MR) is 96.3 cm³/mol. The lowest BCUT2D eigenvalue weighted by Crippen LogP contribution is -2.15. The molecule has 0 amide bonds. The molecule has 0 saturated heterocycles. The number of rotatable bonds is 6. The average molecular weight is 351 g/mol. The SMILES string of the molecule is CSCc1nnc(SC(C)C(=O)c2ccc(C(C)(C)C)cc2)o1. The molecule has 0 aliphatic carbocycles.